The Morgan fingerprint density at radius 3 is 2.45 bits per heavy atom. The van der Waals surface area contributed by atoms with Gasteiger partial charge in [0.25, 0.3) is 0 Å². The van der Waals surface area contributed by atoms with E-state index < -0.39 is 0 Å². The molecule has 7 heteroatoms. The molecule has 0 spiro atoms. The number of hydrogen-bond acceptors (Lipinski definition) is 3. The Morgan fingerprint density at radius 2 is 1.82 bits per heavy atom. The second kappa shape index (κ2) is 18.5. The highest BCUT2D eigenvalue weighted by Gasteiger charge is 2.01. The smallest absolute Gasteiger partial charge is 0.221 e. The van der Waals surface area contributed by atoms with E-state index in [2.05, 4.69) is 20.9 Å². The van der Waals surface area contributed by atoms with E-state index in [1.54, 1.807) is 0 Å². The Balaban J connectivity index is 0. The van der Waals surface area contributed by atoms with E-state index >= 15 is 0 Å². The van der Waals surface area contributed by atoms with Crippen LogP contribution in [0.3, 0.4) is 0 Å². The topological polar surface area (TPSA) is 74.8 Å². The van der Waals surface area contributed by atoms with Crippen LogP contribution in [0, 0.1) is 0 Å². The summed E-state index contributed by atoms with van der Waals surface area (Å²) in [5.74, 6) is 0.856. The van der Waals surface area contributed by atoms with Gasteiger partial charge in [0.1, 0.15) is 0 Å². The third-order valence-electron chi connectivity index (χ3n) is 2.73. The number of carbonyl (C=O) groups excluding carboxylic acids is 1. The fourth-order valence-electron chi connectivity index (χ4n) is 1.64. The fourth-order valence-corrected chi connectivity index (χ4v) is 1.64. The Hall–Kier alpha value is -0.570. The summed E-state index contributed by atoms with van der Waals surface area (Å²) in [5.41, 5.74) is 0. The lowest BCUT2D eigenvalue weighted by atomic mass is 10.3. The van der Waals surface area contributed by atoms with E-state index in [-0.39, 0.29) is 29.9 Å². The van der Waals surface area contributed by atoms with Gasteiger partial charge in [-0.25, -0.2) is 0 Å². The molecule has 0 bridgehead atoms. The van der Waals surface area contributed by atoms with Crippen molar-refractivity contribution in [3.05, 3.63) is 0 Å². The number of carbonyl (C=O) groups is 1. The van der Waals surface area contributed by atoms with Gasteiger partial charge < -0.3 is 20.7 Å². The third-order valence-corrected chi connectivity index (χ3v) is 2.73. The maximum Gasteiger partial charge on any atom is 0.221 e. The number of rotatable bonds is 12. The maximum atomic E-state index is 11.5. The molecule has 0 unspecified atom stereocenters. The standard InChI is InChI=1S/C15H32N4O2.HI/c1-4-10-17-14(20)9-12-19-15(16-5-2)18-11-7-8-13-21-6-3;/h4-13H2,1-3H3,(H,17,20)(H2,16,18,19);1H. The van der Waals surface area contributed by atoms with Gasteiger partial charge in [0.15, 0.2) is 5.96 Å². The zero-order chi connectivity index (χ0) is 15.8. The van der Waals surface area contributed by atoms with Crippen molar-refractivity contribution in [1.82, 2.24) is 16.0 Å². The maximum absolute atomic E-state index is 11.5. The van der Waals surface area contributed by atoms with E-state index in [9.17, 15) is 4.79 Å². The van der Waals surface area contributed by atoms with Gasteiger partial charge >= 0.3 is 0 Å². The zero-order valence-corrected chi connectivity index (χ0v) is 16.6. The molecule has 3 N–H and O–H groups in total. The quantitative estimate of drug-likeness (QED) is 0.192. The summed E-state index contributed by atoms with van der Waals surface area (Å²) in [4.78, 5) is 16.0. The summed E-state index contributed by atoms with van der Waals surface area (Å²) in [6.07, 6.45) is 3.46. The first-order chi connectivity index (χ1) is 10.2. The van der Waals surface area contributed by atoms with Gasteiger partial charge in [0.05, 0.1) is 0 Å². The van der Waals surface area contributed by atoms with Crippen molar-refractivity contribution in [1.29, 1.82) is 0 Å². The van der Waals surface area contributed by atoms with E-state index in [1.807, 2.05) is 20.8 Å². The molecule has 0 aliphatic rings. The second-order valence-corrected chi connectivity index (χ2v) is 4.69. The molecule has 1 amide bonds. The van der Waals surface area contributed by atoms with Gasteiger partial charge in [-0.3, -0.25) is 9.79 Å². The lowest BCUT2D eigenvalue weighted by Crippen LogP contribution is -2.39. The van der Waals surface area contributed by atoms with Gasteiger partial charge in [-0.1, -0.05) is 6.92 Å². The summed E-state index contributed by atoms with van der Waals surface area (Å²) >= 11 is 0. The first-order valence-electron chi connectivity index (χ1n) is 8.11. The largest absolute Gasteiger partial charge is 0.382 e. The summed E-state index contributed by atoms with van der Waals surface area (Å²) in [6.45, 7) is 10.6. The average molecular weight is 428 g/mol. The minimum Gasteiger partial charge on any atom is -0.382 e. The van der Waals surface area contributed by atoms with Crippen LogP contribution in [-0.2, 0) is 9.53 Å². The van der Waals surface area contributed by atoms with Crippen LogP contribution in [-0.4, -0.2) is 51.3 Å². The summed E-state index contributed by atoms with van der Waals surface area (Å²) in [6, 6.07) is 0. The van der Waals surface area contributed by atoms with Crippen LogP contribution in [0.4, 0.5) is 0 Å². The first-order valence-corrected chi connectivity index (χ1v) is 8.11. The molecule has 0 saturated carbocycles. The Kier molecular flexibility index (Phi) is 19.9. The van der Waals surface area contributed by atoms with Crippen LogP contribution in [0.25, 0.3) is 0 Å². The number of hydrogen-bond donors (Lipinski definition) is 3. The highest BCUT2D eigenvalue weighted by Crippen LogP contribution is 1.91. The average Bonchev–Trinajstić information content (AvgIpc) is 2.48. The SMILES string of the molecule is CCCNC(=O)CCNC(=NCCCCOCC)NCC.I. The third kappa shape index (κ3) is 15.8. The van der Waals surface area contributed by atoms with Crippen molar-refractivity contribution in [2.24, 2.45) is 4.99 Å². The molecule has 0 aliphatic carbocycles. The molecule has 0 aromatic carbocycles. The molecule has 0 aromatic rings. The molecule has 0 rings (SSSR count). The Morgan fingerprint density at radius 1 is 1.05 bits per heavy atom. The molecule has 0 aromatic heterocycles. The van der Waals surface area contributed by atoms with Crippen LogP contribution in [0.2, 0.25) is 0 Å². The molecule has 0 fully saturated rings. The van der Waals surface area contributed by atoms with E-state index in [4.69, 9.17) is 4.74 Å². The molecule has 0 heterocycles. The molecular weight excluding hydrogens is 395 g/mol. The van der Waals surface area contributed by atoms with Crippen LogP contribution in [0.15, 0.2) is 4.99 Å². The van der Waals surface area contributed by atoms with Crippen molar-refractivity contribution < 1.29 is 9.53 Å². The summed E-state index contributed by atoms with van der Waals surface area (Å²) < 4.78 is 5.29. The van der Waals surface area contributed by atoms with Crippen LogP contribution >= 0.6 is 24.0 Å². The van der Waals surface area contributed by atoms with Crippen LogP contribution in [0.5, 0.6) is 0 Å². The van der Waals surface area contributed by atoms with Crippen molar-refractivity contribution in [3.8, 4) is 0 Å². The monoisotopic (exact) mass is 428 g/mol. The van der Waals surface area contributed by atoms with Gasteiger partial charge in [-0.15, -0.1) is 24.0 Å². The minimum absolute atomic E-state index is 0. The van der Waals surface area contributed by atoms with Crippen molar-refractivity contribution >= 4 is 35.8 Å². The fraction of sp³-hybridized carbons (Fsp3) is 0.867. The Bertz CT molecular complexity index is 289. The number of ether oxygens (including phenoxy) is 1. The normalized spacial score (nSPS) is 10.8. The second-order valence-electron chi connectivity index (χ2n) is 4.69. The summed E-state index contributed by atoms with van der Waals surface area (Å²) in [5, 5.41) is 9.21. The van der Waals surface area contributed by atoms with Gasteiger partial charge in [0, 0.05) is 45.8 Å². The number of halogens is 1. The van der Waals surface area contributed by atoms with Gasteiger partial charge in [-0.2, -0.15) is 0 Å². The number of unbranched alkanes of at least 4 members (excludes halogenated alkanes) is 1. The van der Waals surface area contributed by atoms with Gasteiger partial charge in [0.2, 0.25) is 5.91 Å². The molecule has 22 heavy (non-hydrogen) atoms. The van der Waals surface area contributed by atoms with Crippen molar-refractivity contribution in [2.75, 3.05) is 39.4 Å². The minimum atomic E-state index is 0. The predicted octanol–water partition coefficient (Wildman–Crippen LogP) is 1.89. The lowest BCUT2D eigenvalue weighted by molar-refractivity contribution is -0.120. The summed E-state index contributed by atoms with van der Waals surface area (Å²) in [7, 11) is 0. The van der Waals surface area contributed by atoms with Gasteiger partial charge in [-0.05, 0) is 33.1 Å². The molecule has 0 radical (unpaired) electrons. The number of nitrogens with one attached hydrogen (secondary N) is 3. The molecular formula is C15H33IN4O2. The molecule has 0 aliphatic heterocycles. The number of guanidine groups is 1. The highest BCUT2D eigenvalue weighted by molar-refractivity contribution is 14.0. The zero-order valence-electron chi connectivity index (χ0n) is 14.2. The first kappa shape index (κ1) is 23.7. The molecule has 0 saturated heterocycles. The van der Waals surface area contributed by atoms with E-state index in [1.165, 1.54) is 0 Å². The lowest BCUT2D eigenvalue weighted by Gasteiger charge is -2.11. The number of aliphatic imine (C=N–C) groups is 1. The number of amides is 1. The van der Waals surface area contributed by atoms with Crippen LogP contribution in [0.1, 0.15) is 46.5 Å². The van der Waals surface area contributed by atoms with E-state index in [0.29, 0.717) is 13.0 Å². The number of nitrogens with zero attached hydrogens (tertiary/aromatic N) is 1. The molecule has 132 valence electrons. The molecule has 6 nitrogen and oxygen atoms in total. The van der Waals surface area contributed by atoms with Crippen molar-refractivity contribution in [3.63, 3.8) is 0 Å². The Labute approximate surface area is 152 Å². The predicted molar refractivity (Wildman–Crippen MR) is 103 cm³/mol. The van der Waals surface area contributed by atoms with Crippen molar-refractivity contribution in [2.45, 2.75) is 46.5 Å². The molecule has 0 atom stereocenters. The van der Waals surface area contributed by atoms with E-state index in [0.717, 1.165) is 58.1 Å². The van der Waals surface area contributed by atoms with Crippen LogP contribution < -0.4 is 16.0 Å². The highest BCUT2D eigenvalue weighted by atomic mass is 127.